The van der Waals surface area contributed by atoms with Crippen molar-refractivity contribution in [3.63, 3.8) is 0 Å². The van der Waals surface area contributed by atoms with Crippen molar-refractivity contribution >= 4 is 0 Å². The fraction of sp³-hybridized carbons (Fsp3) is 1.00. The van der Waals surface area contributed by atoms with Crippen molar-refractivity contribution < 1.29 is 9.47 Å². The van der Waals surface area contributed by atoms with Crippen molar-refractivity contribution in [3.8, 4) is 0 Å². The normalized spacial score (nSPS) is 29.0. The van der Waals surface area contributed by atoms with Gasteiger partial charge in [0.15, 0.2) is 0 Å². The molecule has 138 valence electrons. The van der Waals surface area contributed by atoms with E-state index in [1.807, 2.05) is 0 Å². The van der Waals surface area contributed by atoms with E-state index < -0.39 is 0 Å². The molecule has 0 amide bonds. The fourth-order valence-electron chi connectivity index (χ4n) is 4.82. The molecule has 0 radical (unpaired) electrons. The molecule has 1 aliphatic heterocycles. The lowest BCUT2D eigenvalue weighted by molar-refractivity contribution is -0.132. The molecule has 2 unspecified atom stereocenters. The van der Waals surface area contributed by atoms with Crippen LogP contribution in [0.3, 0.4) is 0 Å². The van der Waals surface area contributed by atoms with Crippen LogP contribution in [-0.4, -0.2) is 30.0 Å². The summed E-state index contributed by atoms with van der Waals surface area (Å²) in [4.78, 5) is 0. The van der Waals surface area contributed by atoms with Gasteiger partial charge in [-0.2, -0.15) is 0 Å². The first kappa shape index (κ1) is 20.9. The Balaban J connectivity index is 2.68. The van der Waals surface area contributed by atoms with Gasteiger partial charge in [-0.1, -0.05) is 27.7 Å². The summed E-state index contributed by atoms with van der Waals surface area (Å²) < 4.78 is 12.6. The van der Waals surface area contributed by atoms with E-state index in [9.17, 15) is 0 Å². The molecule has 1 rings (SSSR count). The van der Waals surface area contributed by atoms with Gasteiger partial charge in [0, 0.05) is 5.54 Å². The van der Waals surface area contributed by atoms with Crippen molar-refractivity contribution in [2.45, 2.75) is 111 Å². The van der Waals surface area contributed by atoms with Gasteiger partial charge in [0.25, 0.3) is 0 Å². The number of hydrogen-bond acceptors (Lipinski definition) is 3. The minimum absolute atomic E-state index is 0.163. The zero-order chi connectivity index (χ0) is 18.1. The Hall–Kier alpha value is -0.120. The van der Waals surface area contributed by atoms with E-state index in [-0.39, 0.29) is 28.8 Å². The summed E-state index contributed by atoms with van der Waals surface area (Å²) in [5.41, 5.74) is 6.32. The second kappa shape index (κ2) is 7.01. The minimum atomic E-state index is -0.226. The molecule has 1 fully saturated rings. The predicted octanol–water partition coefficient (Wildman–Crippen LogP) is 4.92. The van der Waals surface area contributed by atoms with Crippen LogP contribution >= 0.6 is 0 Å². The summed E-state index contributed by atoms with van der Waals surface area (Å²) in [5, 5.41) is 0. The summed E-state index contributed by atoms with van der Waals surface area (Å²) in [6, 6.07) is 0. The van der Waals surface area contributed by atoms with E-state index in [1.165, 1.54) is 6.42 Å². The molecule has 3 nitrogen and oxygen atoms in total. The summed E-state index contributed by atoms with van der Waals surface area (Å²) >= 11 is 0. The van der Waals surface area contributed by atoms with Crippen LogP contribution in [0.4, 0.5) is 0 Å². The molecule has 0 aromatic heterocycles. The van der Waals surface area contributed by atoms with Crippen molar-refractivity contribution in [2.24, 2.45) is 16.6 Å². The quantitative estimate of drug-likeness (QED) is 0.779. The van der Waals surface area contributed by atoms with E-state index in [0.717, 1.165) is 19.3 Å². The molecule has 1 heterocycles. The zero-order valence-electron chi connectivity index (χ0n) is 17.1. The molecule has 2 N–H and O–H groups in total. The molecule has 0 aromatic carbocycles. The Morgan fingerprint density at radius 1 is 1.04 bits per heavy atom. The van der Waals surface area contributed by atoms with Gasteiger partial charge in [0.1, 0.15) is 0 Å². The number of rotatable bonds is 5. The maximum atomic E-state index is 6.33. The summed E-state index contributed by atoms with van der Waals surface area (Å²) in [6.07, 6.45) is 4.65. The monoisotopic (exact) mass is 327 g/mol. The molecule has 1 aliphatic rings. The number of nitrogens with two attached hydrogens (primary N) is 1. The first-order chi connectivity index (χ1) is 10.1. The molecule has 0 saturated carbocycles. The molecular weight excluding hydrogens is 286 g/mol. The van der Waals surface area contributed by atoms with Crippen LogP contribution in [-0.2, 0) is 9.47 Å². The molecule has 0 aliphatic carbocycles. The van der Waals surface area contributed by atoms with Crippen LogP contribution in [0.5, 0.6) is 0 Å². The van der Waals surface area contributed by atoms with Gasteiger partial charge in [0.05, 0.1) is 24.4 Å². The SMILES string of the molecule is CC1CC(C)(C)CC(C)(C)CC(COC(C)(C)CC(C)(C)N)O1. The van der Waals surface area contributed by atoms with Gasteiger partial charge in [-0.3, -0.25) is 0 Å². The molecule has 0 bridgehead atoms. The average molecular weight is 328 g/mol. The van der Waals surface area contributed by atoms with Crippen molar-refractivity contribution in [1.29, 1.82) is 0 Å². The predicted molar refractivity (Wildman–Crippen MR) is 98.7 cm³/mol. The summed E-state index contributed by atoms with van der Waals surface area (Å²) in [5.74, 6) is 0. The topological polar surface area (TPSA) is 44.5 Å². The highest BCUT2D eigenvalue weighted by molar-refractivity contribution is 4.87. The Morgan fingerprint density at radius 3 is 2.09 bits per heavy atom. The minimum Gasteiger partial charge on any atom is -0.373 e. The molecule has 1 saturated heterocycles. The van der Waals surface area contributed by atoms with Crippen LogP contribution in [0.1, 0.15) is 88.0 Å². The van der Waals surface area contributed by atoms with Crippen LogP contribution in [0.25, 0.3) is 0 Å². The highest BCUT2D eigenvalue weighted by Gasteiger charge is 2.37. The van der Waals surface area contributed by atoms with Gasteiger partial charge < -0.3 is 15.2 Å². The highest BCUT2D eigenvalue weighted by Crippen LogP contribution is 2.43. The van der Waals surface area contributed by atoms with Crippen LogP contribution in [0.2, 0.25) is 0 Å². The van der Waals surface area contributed by atoms with Crippen molar-refractivity contribution in [3.05, 3.63) is 0 Å². The molecule has 23 heavy (non-hydrogen) atoms. The van der Waals surface area contributed by atoms with E-state index in [1.54, 1.807) is 0 Å². The van der Waals surface area contributed by atoms with Crippen LogP contribution in [0, 0.1) is 10.8 Å². The lowest BCUT2D eigenvalue weighted by atomic mass is 9.69. The molecule has 0 spiro atoms. The van der Waals surface area contributed by atoms with Gasteiger partial charge in [-0.15, -0.1) is 0 Å². The highest BCUT2D eigenvalue weighted by atomic mass is 16.5. The van der Waals surface area contributed by atoms with E-state index >= 15 is 0 Å². The molecule has 2 atom stereocenters. The first-order valence-corrected chi connectivity index (χ1v) is 9.18. The average Bonchev–Trinajstić information content (AvgIpc) is 2.17. The first-order valence-electron chi connectivity index (χ1n) is 9.18. The van der Waals surface area contributed by atoms with E-state index in [4.69, 9.17) is 15.2 Å². The van der Waals surface area contributed by atoms with Gasteiger partial charge in [-0.25, -0.2) is 0 Å². The zero-order valence-corrected chi connectivity index (χ0v) is 17.1. The third kappa shape index (κ3) is 8.51. The largest absolute Gasteiger partial charge is 0.373 e. The fourth-order valence-corrected chi connectivity index (χ4v) is 4.82. The summed E-state index contributed by atoms with van der Waals surface area (Å²) in [6.45, 7) is 20.6. The smallest absolute Gasteiger partial charge is 0.0817 e. The maximum Gasteiger partial charge on any atom is 0.0817 e. The van der Waals surface area contributed by atoms with Crippen molar-refractivity contribution in [2.75, 3.05) is 6.61 Å². The number of ether oxygens (including phenoxy) is 2. The third-order valence-electron chi connectivity index (χ3n) is 4.54. The van der Waals surface area contributed by atoms with Crippen LogP contribution in [0.15, 0.2) is 0 Å². The summed E-state index contributed by atoms with van der Waals surface area (Å²) in [7, 11) is 0. The number of hydrogen-bond donors (Lipinski definition) is 1. The Morgan fingerprint density at radius 2 is 1.57 bits per heavy atom. The maximum absolute atomic E-state index is 6.33. The van der Waals surface area contributed by atoms with Gasteiger partial charge in [-0.05, 0) is 71.1 Å². The molecule has 0 aromatic rings. The molecular formula is C20H41NO2. The van der Waals surface area contributed by atoms with E-state index in [0.29, 0.717) is 12.0 Å². The van der Waals surface area contributed by atoms with Crippen LogP contribution < -0.4 is 5.73 Å². The third-order valence-corrected chi connectivity index (χ3v) is 4.54. The lowest BCUT2D eigenvalue weighted by Gasteiger charge is -2.43. The Labute approximate surface area is 144 Å². The standard InChI is InChI=1S/C20H41NO2/c1-15-10-17(2,3)13-18(4,5)11-16(23-15)12-22-20(8,9)14-19(6,7)21/h15-16H,10-14,21H2,1-9H3. The second-order valence-corrected chi connectivity index (χ2v) is 10.7. The molecule has 3 heteroatoms. The Bertz CT molecular complexity index is 380. The van der Waals surface area contributed by atoms with E-state index in [2.05, 4.69) is 62.3 Å². The van der Waals surface area contributed by atoms with Crippen molar-refractivity contribution in [1.82, 2.24) is 0 Å². The lowest BCUT2D eigenvalue weighted by Crippen LogP contribution is -2.44. The second-order valence-electron chi connectivity index (χ2n) is 10.7. The van der Waals surface area contributed by atoms with Gasteiger partial charge in [0.2, 0.25) is 0 Å². The van der Waals surface area contributed by atoms with Gasteiger partial charge >= 0.3 is 0 Å². The Kier molecular flexibility index (Phi) is 6.38.